The summed E-state index contributed by atoms with van der Waals surface area (Å²) >= 11 is 10.4. The largest absolute Gasteiger partial charge is 0.392 e. The lowest BCUT2D eigenvalue weighted by atomic mass is 10.2. The summed E-state index contributed by atoms with van der Waals surface area (Å²) in [6.07, 6.45) is 0. The molecular weight excluding hydrogens is 274 g/mol. The summed E-state index contributed by atoms with van der Waals surface area (Å²) in [5.74, 6) is -1.58. The van der Waals surface area contributed by atoms with Crippen molar-refractivity contribution in [2.45, 2.75) is 6.92 Å². The van der Waals surface area contributed by atoms with Crippen LogP contribution in [0.5, 0.6) is 0 Å². The molecule has 1 aromatic rings. The molecule has 0 spiro atoms. The molecular formula is C11H12ClN3O2S. The molecule has 7 heteroatoms. The van der Waals surface area contributed by atoms with Crippen molar-refractivity contribution >= 4 is 46.3 Å². The first-order valence-corrected chi connectivity index (χ1v) is 5.82. The summed E-state index contributed by atoms with van der Waals surface area (Å²) in [6.45, 7) is 1.76. The minimum absolute atomic E-state index is 0.0127. The lowest BCUT2D eigenvalue weighted by Crippen LogP contribution is -2.39. The number of hydrogen-bond donors (Lipinski definition) is 3. The zero-order valence-electron chi connectivity index (χ0n) is 9.62. The average Bonchev–Trinajstić information content (AvgIpc) is 2.29. The van der Waals surface area contributed by atoms with Crippen LogP contribution in [-0.4, -0.2) is 23.3 Å². The molecule has 96 valence electrons. The second-order valence-electron chi connectivity index (χ2n) is 3.56. The van der Waals surface area contributed by atoms with Crippen LogP contribution in [0.15, 0.2) is 18.2 Å². The van der Waals surface area contributed by atoms with E-state index in [2.05, 4.69) is 22.9 Å². The zero-order chi connectivity index (χ0) is 13.7. The normalized spacial score (nSPS) is 9.67. The van der Waals surface area contributed by atoms with Gasteiger partial charge in [0.25, 0.3) is 0 Å². The highest BCUT2D eigenvalue weighted by atomic mass is 35.5. The third-order valence-corrected chi connectivity index (χ3v) is 2.45. The van der Waals surface area contributed by atoms with Gasteiger partial charge in [-0.1, -0.05) is 23.8 Å². The molecule has 5 nitrogen and oxygen atoms in total. The van der Waals surface area contributed by atoms with Gasteiger partial charge in [-0.25, -0.2) is 0 Å². The van der Waals surface area contributed by atoms with Crippen LogP contribution in [0.25, 0.3) is 0 Å². The number of amides is 2. The Labute approximate surface area is 115 Å². The Morgan fingerprint density at radius 2 is 2.06 bits per heavy atom. The summed E-state index contributed by atoms with van der Waals surface area (Å²) in [7, 11) is 0. The molecule has 0 atom stereocenters. The summed E-state index contributed by atoms with van der Waals surface area (Å²) in [4.78, 5) is 23.0. The number of thiocarbonyl (C=S) groups is 1. The van der Waals surface area contributed by atoms with Crippen molar-refractivity contribution in [3.05, 3.63) is 28.8 Å². The zero-order valence-corrected chi connectivity index (χ0v) is 11.2. The highest BCUT2D eigenvalue weighted by molar-refractivity contribution is 7.80. The number of nitrogens with two attached hydrogens (primary N) is 1. The van der Waals surface area contributed by atoms with E-state index in [4.69, 9.17) is 17.3 Å². The highest BCUT2D eigenvalue weighted by Gasteiger charge is 2.14. The third-order valence-electron chi connectivity index (χ3n) is 2.07. The van der Waals surface area contributed by atoms with Gasteiger partial charge in [-0.15, -0.1) is 0 Å². The van der Waals surface area contributed by atoms with E-state index in [9.17, 15) is 9.59 Å². The second-order valence-corrected chi connectivity index (χ2v) is 4.52. The molecule has 0 unspecified atom stereocenters. The van der Waals surface area contributed by atoms with Crippen molar-refractivity contribution < 1.29 is 9.59 Å². The van der Waals surface area contributed by atoms with Crippen LogP contribution in [0.3, 0.4) is 0 Å². The molecule has 0 aliphatic rings. The fourth-order valence-corrected chi connectivity index (χ4v) is 1.49. The standard InChI is InChI=1S/C11H12ClN3O2S/c1-6-4-7(12)2-3-8(6)15-11(17)10(16)14-5-9(13)18/h2-4H,5H2,1H3,(H2,13,18)(H,14,16)(H,15,17). The predicted molar refractivity (Wildman–Crippen MR) is 74.6 cm³/mol. The van der Waals surface area contributed by atoms with Crippen molar-refractivity contribution in [2.75, 3.05) is 11.9 Å². The van der Waals surface area contributed by atoms with Gasteiger partial charge < -0.3 is 16.4 Å². The number of carbonyl (C=O) groups excluding carboxylic acids is 2. The molecule has 0 saturated carbocycles. The van der Waals surface area contributed by atoms with E-state index < -0.39 is 11.8 Å². The van der Waals surface area contributed by atoms with Gasteiger partial charge in [-0.2, -0.15) is 0 Å². The molecule has 0 bridgehead atoms. The van der Waals surface area contributed by atoms with Crippen LogP contribution in [0.1, 0.15) is 5.56 Å². The van der Waals surface area contributed by atoms with Crippen LogP contribution in [0.4, 0.5) is 5.69 Å². The molecule has 4 N–H and O–H groups in total. The van der Waals surface area contributed by atoms with Crippen LogP contribution in [0.2, 0.25) is 5.02 Å². The maximum atomic E-state index is 11.5. The van der Waals surface area contributed by atoms with Crippen molar-refractivity contribution in [1.29, 1.82) is 0 Å². The van der Waals surface area contributed by atoms with Crippen LogP contribution >= 0.6 is 23.8 Å². The number of rotatable bonds is 3. The number of carbonyl (C=O) groups is 2. The van der Waals surface area contributed by atoms with Gasteiger partial charge in [0.15, 0.2) is 0 Å². The Morgan fingerprint density at radius 1 is 1.39 bits per heavy atom. The van der Waals surface area contributed by atoms with E-state index in [-0.39, 0.29) is 11.5 Å². The van der Waals surface area contributed by atoms with Gasteiger partial charge in [0.1, 0.15) is 0 Å². The van der Waals surface area contributed by atoms with Gasteiger partial charge in [0, 0.05) is 10.7 Å². The number of anilines is 1. The number of aryl methyl sites for hydroxylation is 1. The molecule has 0 aromatic heterocycles. The molecule has 0 radical (unpaired) electrons. The lowest BCUT2D eigenvalue weighted by molar-refractivity contribution is -0.135. The summed E-state index contributed by atoms with van der Waals surface area (Å²) in [5, 5.41) is 5.32. The minimum Gasteiger partial charge on any atom is -0.392 e. The van der Waals surface area contributed by atoms with Crippen LogP contribution < -0.4 is 16.4 Å². The summed E-state index contributed by atoms with van der Waals surface area (Å²) in [5.41, 5.74) is 6.49. The van der Waals surface area contributed by atoms with E-state index in [1.807, 2.05) is 0 Å². The van der Waals surface area contributed by atoms with Crippen molar-refractivity contribution in [2.24, 2.45) is 5.73 Å². The molecule has 0 saturated heterocycles. The van der Waals surface area contributed by atoms with Gasteiger partial charge >= 0.3 is 11.8 Å². The number of hydrogen-bond acceptors (Lipinski definition) is 3. The first kappa shape index (κ1) is 14.4. The Bertz CT molecular complexity index is 505. The molecule has 2 amide bonds. The van der Waals surface area contributed by atoms with E-state index in [1.54, 1.807) is 25.1 Å². The number of nitrogens with one attached hydrogen (secondary N) is 2. The smallest absolute Gasteiger partial charge is 0.313 e. The molecule has 0 fully saturated rings. The van der Waals surface area contributed by atoms with Gasteiger partial charge in [-0.05, 0) is 30.7 Å². The molecule has 18 heavy (non-hydrogen) atoms. The Morgan fingerprint density at radius 3 is 2.61 bits per heavy atom. The molecule has 0 heterocycles. The lowest BCUT2D eigenvalue weighted by Gasteiger charge is -2.08. The minimum atomic E-state index is -0.794. The third kappa shape index (κ3) is 4.31. The van der Waals surface area contributed by atoms with Crippen molar-refractivity contribution in [3.8, 4) is 0 Å². The Hall–Kier alpha value is -1.66. The Balaban J connectivity index is 2.64. The summed E-state index contributed by atoms with van der Waals surface area (Å²) in [6, 6.07) is 4.93. The van der Waals surface area contributed by atoms with E-state index in [0.717, 1.165) is 5.56 Å². The van der Waals surface area contributed by atoms with Crippen LogP contribution in [-0.2, 0) is 9.59 Å². The van der Waals surface area contributed by atoms with Gasteiger partial charge in [-0.3, -0.25) is 9.59 Å². The Kier molecular flexibility index (Phi) is 5.06. The fourth-order valence-electron chi connectivity index (χ4n) is 1.19. The predicted octanol–water partition coefficient (Wildman–Crippen LogP) is 0.989. The number of halogens is 1. The topological polar surface area (TPSA) is 84.2 Å². The van der Waals surface area contributed by atoms with E-state index in [0.29, 0.717) is 10.7 Å². The molecule has 1 aromatic carbocycles. The van der Waals surface area contributed by atoms with Crippen molar-refractivity contribution in [3.63, 3.8) is 0 Å². The monoisotopic (exact) mass is 285 g/mol. The fraction of sp³-hybridized carbons (Fsp3) is 0.182. The molecule has 1 rings (SSSR count). The maximum absolute atomic E-state index is 11.5. The number of benzene rings is 1. The second kappa shape index (κ2) is 6.32. The summed E-state index contributed by atoms with van der Waals surface area (Å²) < 4.78 is 0. The first-order chi connectivity index (χ1) is 8.40. The highest BCUT2D eigenvalue weighted by Crippen LogP contribution is 2.19. The quantitative estimate of drug-likeness (QED) is 0.571. The SMILES string of the molecule is Cc1cc(Cl)ccc1NC(=O)C(=O)NCC(N)=S. The van der Waals surface area contributed by atoms with Crippen molar-refractivity contribution in [1.82, 2.24) is 5.32 Å². The average molecular weight is 286 g/mol. The van der Waals surface area contributed by atoms with Crippen LogP contribution in [0, 0.1) is 6.92 Å². The van der Waals surface area contributed by atoms with Gasteiger partial charge in [0.05, 0.1) is 11.5 Å². The molecule has 0 aliphatic heterocycles. The molecule has 0 aliphatic carbocycles. The van der Waals surface area contributed by atoms with E-state index >= 15 is 0 Å². The van der Waals surface area contributed by atoms with E-state index in [1.165, 1.54) is 0 Å². The first-order valence-electron chi connectivity index (χ1n) is 5.04. The maximum Gasteiger partial charge on any atom is 0.313 e. The van der Waals surface area contributed by atoms with Gasteiger partial charge in [0.2, 0.25) is 0 Å².